The maximum Gasteiger partial charge on any atom is 1.00 e. The van der Waals surface area contributed by atoms with Crippen LogP contribution in [0.4, 0.5) is 0 Å². The van der Waals surface area contributed by atoms with Gasteiger partial charge in [0.05, 0.1) is 0 Å². The molecule has 0 aromatic rings. The second-order valence-corrected chi connectivity index (χ2v) is 0. The molecule has 11 heteroatoms. The Kier molecular flexibility index (Phi) is 11500. The SMILES string of the molecule is O.O.O.O.O.O.[Cr].[Na+].[Na+].[OH-].[OH-]. The minimum Gasteiger partial charge on any atom is -0.870 e. The first-order valence-corrected chi connectivity index (χ1v) is 0. The molecule has 0 saturated carbocycles. The van der Waals surface area contributed by atoms with Gasteiger partial charge in [0.2, 0.25) is 0 Å². The fourth-order valence-corrected chi connectivity index (χ4v) is 0. The molecule has 0 bridgehead atoms. The molecule has 0 aliphatic carbocycles. The van der Waals surface area contributed by atoms with Gasteiger partial charge in [-0.15, -0.1) is 0 Å². The first kappa shape index (κ1) is 403. The van der Waals surface area contributed by atoms with Gasteiger partial charge in [-0.3, -0.25) is 0 Å². The van der Waals surface area contributed by atoms with Crippen LogP contribution in [0.5, 0.6) is 0 Å². The Balaban J connectivity index is 0. The molecule has 0 unspecified atom stereocenters. The Morgan fingerprint density at radius 2 is 0.364 bits per heavy atom. The molecule has 14 N–H and O–H groups in total. The Morgan fingerprint density at radius 1 is 0.364 bits per heavy atom. The molecular formula is H14CrNa2O8. The summed E-state index contributed by atoms with van der Waals surface area (Å²) in [6.45, 7) is 0. The van der Waals surface area contributed by atoms with E-state index in [1.54, 1.807) is 0 Å². The first-order chi connectivity index (χ1) is 0. The van der Waals surface area contributed by atoms with Gasteiger partial charge in [-0.1, -0.05) is 0 Å². The Hall–Kier alpha value is 2.21. The first-order valence-electron chi connectivity index (χ1n) is 0. The van der Waals surface area contributed by atoms with E-state index in [1.807, 2.05) is 0 Å². The van der Waals surface area contributed by atoms with Gasteiger partial charge in [0.15, 0.2) is 0 Å². The molecule has 0 radical (unpaired) electrons. The zero-order valence-electron chi connectivity index (χ0n) is 6.30. The third kappa shape index (κ3) is 260. The quantitative estimate of drug-likeness (QED) is 0.373. The summed E-state index contributed by atoms with van der Waals surface area (Å²) in [5.41, 5.74) is 0. The van der Waals surface area contributed by atoms with Crippen LogP contribution in [0.1, 0.15) is 0 Å². The van der Waals surface area contributed by atoms with Crippen LogP contribution in [0.15, 0.2) is 0 Å². The summed E-state index contributed by atoms with van der Waals surface area (Å²) >= 11 is 0. The molecule has 11 heavy (non-hydrogen) atoms. The molecule has 0 aliphatic rings. The standard InChI is InChI=1S/Cr.2Na.8H2O/h;;;8*1H2/q;2*+1;;;;;;;;/p-2. The van der Waals surface area contributed by atoms with Gasteiger partial charge in [0.1, 0.15) is 0 Å². The Labute approximate surface area is 119 Å². The van der Waals surface area contributed by atoms with Crippen LogP contribution >= 0.6 is 0 Å². The van der Waals surface area contributed by atoms with Crippen LogP contribution in [-0.4, -0.2) is 43.8 Å². The van der Waals surface area contributed by atoms with Crippen molar-refractivity contribution in [3.8, 4) is 0 Å². The minimum absolute atomic E-state index is 0. The molecule has 70 valence electrons. The van der Waals surface area contributed by atoms with Gasteiger partial charge >= 0.3 is 59.1 Å². The van der Waals surface area contributed by atoms with E-state index in [-0.39, 0.29) is 120 Å². The minimum atomic E-state index is 0. The molecule has 0 atom stereocenters. The predicted molar refractivity (Wildman–Crippen MR) is 25.6 cm³/mol. The van der Waals surface area contributed by atoms with Crippen molar-refractivity contribution >= 4 is 0 Å². The molecule has 0 rings (SSSR count). The van der Waals surface area contributed by atoms with E-state index in [4.69, 9.17) is 0 Å². The second kappa shape index (κ2) is 314. The smallest absolute Gasteiger partial charge is 0.870 e. The monoisotopic (exact) mass is 240 g/mol. The maximum absolute atomic E-state index is 0. The van der Waals surface area contributed by atoms with Crippen molar-refractivity contribution in [2.24, 2.45) is 0 Å². The number of hydrogen-bond acceptors (Lipinski definition) is 2. The summed E-state index contributed by atoms with van der Waals surface area (Å²) in [5.74, 6) is 0. The van der Waals surface area contributed by atoms with E-state index in [0.29, 0.717) is 0 Å². The molecule has 0 amide bonds. The summed E-state index contributed by atoms with van der Waals surface area (Å²) in [6.07, 6.45) is 0. The van der Waals surface area contributed by atoms with Gasteiger partial charge in [-0.05, 0) is 0 Å². The van der Waals surface area contributed by atoms with Crippen LogP contribution in [-0.2, 0) is 17.4 Å². The third-order valence-corrected chi connectivity index (χ3v) is 0. The van der Waals surface area contributed by atoms with Gasteiger partial charge in [-0.25, -0.2) is 0 Å². The van der Waals surface area contributed by atoms with Crippen LogP contribution in [0.25, 0.3) is 0 Å². The fraction of sp³-hybridized carbons (Fsp3) is 0. The van der Waals surface area contributed by atoms with Crippen molar-refractivity contribution in [1.82, 2.24) is 0 Å². The Bertz CT molecular complexity index is 12.1. The van der Waals surface area contributed by atoms with Crippen LogP contribution in [0, 0.1) is 0 Å². The predicted octanol–water partition coefficient (Wildman–Crippen LogP) is -11.3. The van der Waals surface area contributed by atoms with E-state index in [2.05, 4.69) is 0 Å². The summed E-state index contributed by atoms with van der Waals surface area (Å²) in [5, 5.41) is 0. The van der Waals surface area contributed by atoms with Gasteiger partial charge in [0.25, 0.3) is 0 Å². The fourth-order valence-electron chi connectivity index (χ4n) is 0. The van der Waals surface area contributed by atoms with Crippen molar-refractivity contribution in [2.75, 3.05) is 0 Å². The molecular weight excluding hydrogens is 226 g/mol. The normalized spacial score (nSPS) is 0. The summed E-state index contributed by atoms with van der Waals surface area (Å²) in [7, 11) is 0. The van der Waals surface area contributed by atoms with Gasteiger partial charge in [0, 0.05) is 17.4 Å². The summed E-state index contributed by atoms with van der Waals surface area (Å²) < 4.78 is 0. The summed E-state index contributed by atoms with van der Waals surface area (Å²) in [6, 6.07) is 0. The van der Waals surface area contributed by atoms with E-state index in [9.17, 15) is 0 Å². The van der Waals surface area contributed by atoms with E-state index >= 15 is 0 Å². The van der Waals surface area contributed by atoms with Crippen molar-refractivity contribution in [3.05, 3.63) is 0 Å². The molecule has 0 heterocycles. The molecule has 0 aliphatic heterocycles. The largest absolute Gasteiger partial charge is 1.00 e. The second-order valence-electron chi connectivity index (χ2n) is 0. The molecule has 0 aromatic heterocycles. The van der Waals surface area contributed by atoms with Crippen LogP contribution < -0.4 is 59.1 Å². The van der Waals surface area contributed by atoms with E-state index < -0.39 is 0 Å². The zero-order chi connectivity index (χ0) is 0. The van der Waals surface area contributed by atoms with Crippen molar-refractivity contribution in [2.45, 2.75) is 0 Å². The van der Waals surface area contributed by atoms with E-state index in [0.717, 1.165) is 0 Å². The summed E-state index contributed by atoms with van der Waals surface area (Å²) in [4.78, 5) is 0. The Morgan fingerprint density at radius 3 is 0.364 bits per heavy atom. The zero-order valence-corrected chi connectivity index (χ0v) is 11.6. The van der Waals surface area contributed by atoms with Crippen molar-refractivity contribution in [3.63, 3.8) is 0 Å². The maximum atomic E-state index is 0. The van der Waals surface area contributed by atoms with Crippen LogP contribution in [0.3, 0.4) is 0 Å². The van der Waals surface area contributed by atoms with Gasteiger partial charge < -0.3 is 43.8 Å². The van der Waals surface area contributed by atoms with Crippen molar-refractivity contribution in [1.29, 1.82) is 0 Å². The average Bonchev–Trinajstić information content (AvgIpc) is 0. The third-order valence-electron chi connectivity index (χ3n) is 0. The van der Waals surface area contributed by atoms with E-state index in [1.165, 1.54) is 0 Å². The number of rotatable bonds is 0. The molecule has 0 aromatic carbocycles. The van der Waals surface area contributed by atoms with Gasteiger partial charge in [-0.2, -0.15) is 0 Å². The number of hydrogen-bond donors (Lipinski definition) is 0. The molecule has 8 nitrogen and oxygen atoms in total. The van der Waals surface area contributed by atoms with Crippen molar-refractivity contribution < 1.29 is 120 Å². The molecule has 0 spiro atoms. The van der Waals surface area contributed by atoms with Crippen LogP contribution in [0.2, 0.25) is 0 Å². The molecule has 0 fully saturated rings. The average molecular weight is 240 g/mol. The molecule has 0 saturated heterocycles. The topological polar surface area (TPSA) is 249 Å².